The summed E-state index contributed by atoms with van der Waals surface area (Å²) in [4.78, 5) is 10.0. The summed E-state index contributed by atoms with van der Waals surface area (Å²) in [5.41, 5.74) is 14.3. The topological polar surface area (TPSA) is 59.2 Å². The third kappa shape index (κ3) is 5.73. The molecule has 4 heteroatoms. The number of para-hydroxylation sites is 1. The Morgan fingerprint density at radius 2 is 1.02 bits per heavy atom. The molecular formula is C47H32N2O2. The Hall–Kier alpha value is -6.78. The lowest BCUT2D eigenvalue weighted by Crippen LogP contribution is -1.93. The number of nitrogens with zero attached hydrogens (tertiary/aromatic N) is 2. The highest BCUT2D eigenvalue weighted by Crippen LogP contribution is 2.39. The Kier molecular flexibility index (Phi) is 7.48. The molecular weight excluding hydrogens is 625 g/mol. The zero-order valence-corrected chi connectivity index (χ0v) is 27.9. The van der Waals surface area contributed by atoms with E-state index in [1.54, 1.807) is 6.07 Å². The molecule has 0 saturated heterocycles. The van der Waals surface area contributed by atoms with Gasteiger partial charge in [0.15, 0.2) is 0 Å². The second kappa shape index (κ2) is 12.6. The van der Waals surface area contributed by atoms with E-state index in [9.17, 15) is 5.11 Å². The third-order valence-corrected chi connectivity index (χ3v) is 9.44. The van der Waals surface area contributed by atoms with Crippen LogP contribution in [-0.4, -0.2) is 15.1 Å². The molecule has 1 N–H and O–H groups in total. The molecule has 0 amide bonds. The molecule has 4 nitrogen and oxygen atoms in total. The van der Waals surface area contributed by atoms with Crippen LogP contribution in [0.2, 0.25) is 0 Å². The van der Waals surface area contributed by atoms with Crippen molar-refractivity contribution in [3.05, 3.63) is 176 Å². The molecule has 0 unspecified atom stereocenters. The van der Waals surface area contributed by atoms with Crippen LogP contribution in [0.5, 0.6) is 5.75 Å². The van der Waals surface area contributed by atoms with E-state index in [4.69, 9.17) is 14.4 Å². The Bertz CT molecular complexity index is 2710. The van der Waals surface area contributed by atoms with Crippen LogP contribution in [0.4, 0.5) is 0 Å². The van der Waals surface area contributed by atoms with Gasteiger partial charge in [0.1, 0.15) is 16.9 Å². The van der Waals surface area contributed by atoms with Crippen LogP contribution in [0.3, 0.4) is 0 Å². The lowest BCUT2D eigenvalue weighted by Gasteiger charge is -2.12. The number of rotatable bonds is 6. The summed E-state index contributed by atoms with van der Waals surface area (Å²) >= 11 is 0. The fraction of sp³-hybridized carbons (Fsp3) is 0.0213. The molecule has 9 rings (SSSR count). The van der Waals surface area contributed by atoms with E-state index < -0.39 is 0 Å². The van der Waals surface area contributed by atoms with Gasteiger partial charge in [-0.05, 0) is 101 Å². The summed E-state index contributed by atoms with van der Waals surface area (Å²) in [6.07, 6.45) is 0. The number of aromatic hydroxyl groups is 1. The Morgan fingerprint density at radius 1 is 0.412 bits per heavy atom. The number of aryl methyl sites for hydroxylation is 1. The van der Waals surface area contributed by atoms with Crippen molar-refractivity contribution in [1.29, 1.82) is 0 Å². The van der Waals surface area contributed by atoms with Gasteiger partial charge in [-0.25, -0.2) is 4.98 Å². The molecule has 0 aliphatic rings. The maximum Gasteiger partial charge on any atom is 0.136 e. The van der Waals surface area contributed by atoms with E-state index in [1.807, 2.05) is 61.5 Å². The summed E-state index contributed by atoms with van der Waals surface area (Å²) in [6, 6.07) is 57.6. The van der Waals surface area contributed by atoms with Gasteiger partial charge in [-0.15, -0.1) is 0 Å². The van der Waals surface area contributed by atoms with Crippen molar-refractivity contribution < 1.29 is 9.52 Å². The highest BCUT2D eigenvalue weighted by atomic mass is 16.3. The first-order valence-corrected chi connectivity index (χ1v) is 17.0. The molecule has 242 valence electrons. The standard InChI is InChI=1S/C47H32N2O2/c1-30-24-36(33-22-23-40-46(29-33)51-45-21-11-19-38(47(40)45)32-14-6-3-7-15-32)26-41(48-30)34-16-10-17-35(25-34)42-27-37(31-12-4-2-5-13-31)28-43(49-42)39-18-8-9-20-44(39)50/h2-29,50H,1H3. The first kappa shape index (κ1) is 30.3. The van der Waals surface area contributed by atoms with Crippen LogP contribution >= 0.6 is 0 Å². The summed E-state index contributed by atoms with van der Waals surface area (Å²) < 4.78 is 6.44. The molecule has 3 heterocycles. The lowest BCUT2D eigenvalue weighted by molar-refractivity contribution is 0.477. The number of phenols is 1. The van der Waals surface area contributed by atoms with Crippen LogP contribution in [0.25, 0.3) is 89.1 Å². The minimum Gasteiger partial charge on any atom is -0.507 e. The Morgan fingerprint density at radius 3 is 1.78 bits per heavy atom. The molecule has 0 fully saturated rings. The van der Waals surface area contributed by atoms with Crippen LogP contribution in [-0.2, 0) is 0 Å². The second-order valence-electron chi connectivity index (χ2n) is 12.8. The Balaban J connectivity index is 1.12. The molecule has 3 aromatic heterocycles. The summed E-state index contributed by atoms with van der Waals surface area (Å²) in [6.45, 7) is 2.03. The molecule has 9 aromatic rings. The molecule has 0 atom stereocenters. The van der Waals surface area contributed by atoms with Crippen molar-refractivity contribution in [3.8, 4) is 72.9 Å². The van der Waals surface area contributed by atoms with E-state index in [1.165, 1.54) is 5.56 Å². The maximum absolute atomic E-state index is 10.7. The molecule has 6 aromatic carbocycles. The summed E-state index contributed by atoms with van der Waals surface area (Å²) in [5.74, 6) is 0.198. The highest BCUT2D eigenvalue weighted by molar-refractivity contribution is 6.13. The number of pyridine rings is 2. The average Bonchev–Trinajstić information content (AvgIpc) is 3.57. The van der Waals surface area contributed by atoms with Gasteiger partial charge in [-0.2, -0.15) is 0 Å². The number of benzene rings is 6. The van der Waals surface area contributed by atoms with Crippen LogP contribution < -0.4 is 0 Å². The normalized spacial score (nSPS) is 11.3. The van der Waals surface area contributed by atoms with E-state index in [0.717, 1.165) is 78.0 Å². The quantitative estimate of drug-likeness (QED) is 0.193. The van der Waals surface area contributed by atoms with Crippen LogP contribution in [0.1, 0.15) is 5.69 Å². The second-order valence-corrected chi connectivity index (χ2v) is 12.8. The van der Waals surface area contributed by atoms with Crippen LogP contribution in [0, 0.1) is 6.92 Å². The van der Waals surface area contributed by atoms with Crippen molar-refractivity contribution in [2.45, 2.75) is 6.92 Å². The number of aromatic nitrogens is 2. The van der Waals surface area contributed by atoms with Gasteiger partial charge in [0.25, 0.3) is 0 Å². The van der Waals surface area contributed by atoms with E-state index >= 15 is 0 Å². The van der Waals surface area contributed by atoms with E-state index in [2.05, 4.69) is 109 Å². The van der Waals surface area contributed by atoms with Gasteiger partial charge in [-0.1, -0.05) is 109 Å². The molecule has 0 aliphatic carbocycles. The monoisotopic (exact) mass is 656 g/mol. The fourth-order valence-electron chi connectivity index (χ4n) is 6.99. The van der Waals surface area contributed by atoms with Gasteiger partial charge in [0.2, 0.25) is 0 Å². The summed E-state index contributed by atoms with van der Waals surface area (Å²) in [7, 11) is 0. The molecule has 0 spiro atoms. The minimum absolute atomic E-state index is 0.198. The molecule has 51 heavy (non-hydrogen) atoms. The molecule has 0 bridgehead atoms. The van der Waals surface area contributed by atoms with E-state index in [-0.39, 0.29) is 5.75 Å². The number of fused-ring (bicyclic) bond motifs is 3. The molecule has 0 radical (unpaired) electrons. The number of hydrogen-bond donors (Lipinski definition) is 1. The zero-order chi connectivity index (χ0) is 34.3. The maximum atomic E-state index is 10.7. The molecule has 0 saturated carbocycles. The van der Waals surface area contributed by atoms with Gasteiger partial charge in [-0.3, -0.25) is 4.98 Å². The number of hydrogen-bond acceptors (Lipinski definition) is 4. The van der Waals surface area contributed by atoms with Crippen molar-refractivity contribution in [1.82, 2.24) is 9.97 Å². The smallest absolute Gasteiger partial charge is 0.136 e. The van der Waals surface area contributed by atoms with Crippen molar-refractivity contribution in [2.75, 3.05) is 0 Å². The third-order valence-electron chi connectivity index (χ3n) is 9.44. The minimum atomic E-state index is 0.198. The predicted octanol–water partition coefficient (Wildman–Crippen LogP) is 12.4. The van der Waals surface area contributed by atoms with Crippen molar-refractivity contribution in [3.63, 3.8) is 0 Å². The van der Waals surface area contributed by atoms with E-state index in [0.29, 0.717) is 11.3 Å². The zero-order valence-electron chi connectivity index (χ0n) is 27.9. The number of furan rings is 1. The Labute approximate surface area is 296 Å². The number of phenolic OH excluding ortho intramolecular Hbond substituents is 1. The largest absolute Gasteiger partial charge is 0.507 e. The summed E-state index contributed by atoms with van der Waals surface area (Å²) in [5, 5.41) is 13.0. The first-order valence-electron chi connectivity index (χ1n) is 17.0. The fourth-order valence-corrected chi connectivity index (χ4v) is 6.99. The highest BCUT2D eigenvalue weighted by Gasteiger charge is 2.16. The van der Waals surface area contributed by atoms with Gasteiger partial charge in [0.05, 0.1) is 17.1 Å². The lowest BCUT2D eigenvalue weighted by atomic mass is 9.97. The van der Waals surface area contributed by atoms with Gasteiger partial charge < -0.3 is 9.52 Å². The predicted molar refractivity (Wildman–Crippen MR) is 208 cm³/mol. The molecule has 0 aliphatic heterocycles. The van der Waals surface area contributed by atoms with Crippen molar-refractivity contribution >= 4 is 21.9 Å². The average molecular weight is 657 g/mol. The van der Waals surface area contributed by atoms with Gasteiger partial charge in [0, 0.05) is 33.2 Å². The van der Waals surface area contributed by atoms with Crippen LogP contribution in [0.15, 0.2) is 174 Å². The van der Waals surface area contributed by atoms with Gasteiger partial charge >= 0.3 is 0 Å². The SMILES string of the molecule is Cc1cc(-c2ccc3c(c2)oc2cccc(-c4ccccc4)c23)cc(-c2cccc(-c3cc(-c4ccccc4)cc(-c4ccccc4O)n3)c2)n1. The van der Waals surface area contributed by atoms with Crippen molar-refractivity contribution in [2.24, 2.45) is 0 Å². The first-order chi connectivity index (χ1) is 25.1.